The van der Waals surface area contributed by atoms with Crippen molar-refractivity contribution in [1.29, 1.82) is 0 Å². The summed E-state index contributed by atoms with van der Waals surface area (Å²) in [4.78, 5) is 13.6. The van der Waals surface area contributed by atoms with Gasteiger partial charge in [-0.25, -0.2) is 5.43 Å². The number of hydrazone groups is 1. The molecule has 3 nitrogen and oxygen atoms in total. The van der Waals surface area contributed by atoms with Gasteiger partial charge in [0.1, 0.15) is 4.88 Å². The van der Waals surface area contributed by atoms with Crippen molar-refractivity contribution in [1.82, 2.24) is 5.43 Å². The molecule has 1 N–H and O–H groups in total. The number of benzene rings is 1. The minimum atomic E-state index is -0.312. The first kappa shape index (κ1) is 15.5. The fourth-order valence-electron chi connectivity index (χ4n) is 1.91. The van der Waals surface area contributed by atoms with Gasteiger partial charge < -0.3 is 0 Å². The second-order valence-electron chi connectivity index (χ2n) is 4.48. The van der Waals surface area contributed by atoms with Crippen LogP contribution >= 0.6 is 45.9 Å². The van der Waals surface area contributed by atoms with Crippen LogP contribution < -0.4 is 5.43 Å². The van der Waals surface area contributed by atoms with Crippen molar-refractivity contribution >= 4 is 67.6 Å². The third kappa shape index (κ3) is 3.03. The van der Waals surface area contributed by atoms with E-state index in [4.69, 9.17) is 23.2 Å². The summed E-state index contributed by atoms with van der Waals surface area (Å²) >= 11 is 14.9. The summed E-state index contributed by atoms with van der Waals surface area (Å²) in [6.07, 6.45) is 0. The van der Waals surface area contributed by atoms with Crippen LogP contribution in [0.2, 0.25) is 9.36 Å². The average Bonchev–Trinajstić information content (AvgIpc) is 3.09. The maximum atomic E-state index is 12.3. The lowest BCUT2D eigenvalue weighted by molar-refractivity contribution is 0.0959. The van der Waals surface area contributed by atoms with E-state index >= 15 is 0 Å². The minimum Gasteiger partial charge on any atom is -0.266 e. The number of nitrogens with zero attached hydrogens (tertiary/aromatic N) is 1. The molecule has 3 aromatic rings. The molecule has 22 heavy (non-hydrogen) atoms. The number of thiophene rings is 2. The zero-order valence-corrected chi connectivity index (χ0v) is 14.5. The minimum absolute atomic E-state index is 0.312. The molecule has 0 aliphatic carbocycles. The standard InChI is InChI=1S/C15H10Cl2N2OS2/c1-8(10-6-7-12(16)21-10)18-19-15(20)14-13(17)9-4-2-3-5-11(9)22-14/h2-7H,1H3,(H,19,20)/b18-8+. The van der Waals surface area contributed by atoms with Crippen LogP contribution in [0.25, 0.3) is 10.1 Å². The Morgan fingerprint density at radius 3 is 2.59 bits per heavy atom. The van der Waals surface area contributed by atoms with Gasteiger partial charge in [0, 0.05) is 10.1 Å². The Kier molecular flexibility index (Phi) is 4.49. The third-order valence-electron chi connectivity index (χ3n) is 3.00. The molecule has 0 spiro atoms. The van der Waals surface area contributed by atoms with Crippen LogP contribution in [-0.4, -0.2) is 11.6 Å². The molecule has 0 atom stereocenters. The topological polar surface area (TPSA) is 41.5 Å². The molecule has 0 bridgehead atoms. The second-order valence-corrected chi connectivity index (χ2v) is 7.63. The second kappa shape index (κ2) is 6.38. The third-order valence-corrected chi connectivity index (χ3v) is 6.01. The molecule has 0 radical (unpaired) electrons. The normalized spacial score (nSPS) is 11.9. The number of amides is 1. The summed E-state index contributed by atoms with van der Waals surface area (Å²) < 4.78 is 1.66. The van der Waals surface area contributed by atoms with E-state index in [0.29, 0.717) is 19.9 Å². The van der Waals surface area contributed by atoms with E-state index in [-0.39, 0.29) is 5.91 Å². The smallest absolute Gasteiger partial charge is 0.266 e. The fourth-order valence-corrected chi connectivity index (χ4v) is 4.30. The van der Waals surface area contributed by atoms with Gasteiger partial charge in [0.15, 0.2) is 0 Å². The van der Waals surface area contributed by atoms with Gasteiger partial charge in [-0.2, -0.15) is 5.10 Å². The Morgan fingerprint density at radius 1 is 1.14 bits per heavy atom. The predicted octanol–water partition coefficient (Wildman–Crippen LogP) is 5.42. The molecule has 1 amide bonds. The number of halogens is 2. The van der Waals surface area contributed by atoms with Crippen LogP contribution in [0.5, 0.6) is 0 Å². The van der Waals surface area contributed by atoms with E-state index in [2.05, 4.69) is 10.5 Å². The average molecular weight is 369 g/mol. The van der Waals surface area contributed by atoms with Gasteiger partial charge in [0.2, 0.25) is 0 Å². The van der Waals surface area contributed by atoms with Gasteiger partial charge in [-0.1, -0.05) is 41.4 Å². The zero-order chi connectivity index (χ0) is 15.7. The van der Waals surface area contributed by atoms with E-state index in [9.17, 15) is 4.79 Å². The predicted molar refractivity (Wildman–Crippen MR) is 95.8 cm³/mol. The van der Waals surface area contributed by atoms with Crippen molar-refractivity contribution in [2.24, 2.45) is 5.10 Å². The summed E-state index contributed by atoms with van der Waals surface area (Å²) in [5, 5.41) is 5.45. The van der Waals surface area contributed by atoms with E-state index in [1.807, 2.05) is 37.3 Å². The van der Waals surface area contributed by atoms with Gasteiger partial charge in [-0.15, -0.1) is 22.7 Å². The molecule has 0 unspecified atom stereocenters. The number of fused-ring (bicyclic) bond motifs is 1. The Labute approximate surface area is 145 Å². The van der Waals surface area contributed by atoms with Crippen molar-refractivity contribution in [2.45, 2.75) is 6.92 Å². The van der Waals surface area contributed by atoms with Crippen LogP contribution in [0.1, 0.15) is 21.5 Å². The molecular formula is C15H10Cl2N2OS2. The zero-order valence-electron chi connectivity index (χ0n) is 11.4. The fraction of sp³-hybridized carbons (Fsp3) is 0.0667. The van der Waals surface area contributed by atoms with Crippen molar-refractivity contribution in [3.05, 3.63) is 55.5 Å². The van der Waals surface area contributed by atoms with Crippen LogP contribution in [0, 0.1) is 0 Å². The Balaban J connectivity index is 1.83. The van der Waals surface area contributed by atoms with Crippen LogP contribution in [0.3, 0.4) is 0 Å². The van der Waals surface area contributed by atoms with Gasteiger partial charge in [0.25, 0.3) is 5.91 Å². The molecule has 3 rings (SSSR count). The Bertz CT molecular complexity index is 883. The van der Waals surface area contributed by atoms with Gasteiger partial charge >= 0.3 is 0 Å². The number of hydrogen-bond acceptors (Lipinski definition) is 4. The lowest BCUT2D eigenvalue weighted by Crippen LogP contribution is -2.18. The number of rotatable bonds is 3. The number of carbonyl (C=O) groups is 1. The van der Waals surface area contributed by atoms with Crippen molar-refractivity contribution in [3.63, 3.8) is 0 Å². The van der Waals surface area contributed by atoms with Gasteiger partial charge in [-0.3, -0.25) is 4.79 Å². The molecule has 2 heterocycles. The maximum Gasteiger partial charge on any atom is 0.283 e. The first-order valence-electron chi connectivity index (χ1n) is 6.33. The number of nitrogens with one attached hydrogen (secondary N) is 1. The summed E-state index contributed by atoms with van der Waals surface area (Å²) in [7, 11) is 0. The summed E-state index contributed by atoms with van der Waals surface area (Å²) in [6.45, 7) is 1.81. The highest BCUT2D eigenvalue weighted by Crippen LogP contribution is 2.35. The highest BCUT2D eigenvalue weighted by molar-refractivity contribution is 7.21. The van der Waals surface area contributed by atoms with Gasteiger partial charge in [-0.05, 0) is 25.1 Å². The quantitative estimate of drug-likeness (QED) is 0.486. The van der Waals surface area contributed by atoms with Crippen molar-refractivity contribution < 1.29 is 4.79 Å². The molecule has 0 aliphatic heterocycles. The molecule has 0 aliphatic rings. The monoisotopic (exact) mass is 368 g/mol. The highest BCUT2D eigenvalue weighted by atomic mass is 35.5. The lowest BCUT2D eigenvalue weighted by atomic mass is 10.2. The van der Waals surface area contributed by atoms with Crippen LogP contribution in [0.4, 0.5) is 0 Å². The van der Waals surface area contributed by atoms with E-state index in [0.717, 1.165) is 15.0 Å². The SMILES string of the molecule is C/C(=N\NC(=O)c1sc2ccccc2c1Cl)c1ccc(Cl)s1. The molecule has 2 aromatic heterocycles. The van der Waals surface area contributed by atoms with E-state index in [1.165, 1.54) is 22.7 Å². The van der Waals surface area contributed by atoms with Gasteiger partial charge in [0.05, 0.1) is 19.9 Å². The molecular weight excluding hydrogens is 359 g/mol. The number of carbonyl (C=O) groups excluding carboxylic acids is 1. The first-order valence-corrected chi connectivity index (χ1v) is 8.72. The Morgan fingerprint density at radius 2 is 1.91 bits per heavy atom. The highest BCUT2D eigenvalue weighted by Gasteiger charge is 2.16. The van der Waals surface area contributed by atoms with E-state index < -0.39 is 0 Å². The largest absolute Gasteiger partial charge is 0.283 e. The molecule has 0 saturated carbocycles. The molecule has 7 heteroatoms. The lowest BCUT2D eigenvalue weighted by Gasteiger charge is -1.99. The molecule has 112 valence electrons. The first-order chi connectivity index (χ1) is 10.6. The van der Waals surface area contributed by atoms with Crippen LogP contribution in [-0.2, 0) is 0 Å². The molecule has 1 aromatic carbocycles. The molecule has 0 fully saturated rings. The van der Waals surface area contributed by atoms with Crippen molar-refractivity contribution in [2.75, 3.05) is 0 Å². The maximum absolute atomic E-state index is 12.3. The summed E-state index contributed by atoms with van der Waals surface area (Å²) in [6, 6.07) is 11.3. The summed E-state index contributed by atoms with van der Waals surface area (Å²) in [5.74, 6) is -0.312. The van der Waals surface area contributed by atoms with Crippen LogP contribution in [0.15, 0.2) is 41.5 Å². The number of hydrogen-bond donors (Lipinski definition) is 1. The van der Waals surface area contributed by atoms with Crippen molar-refractivity contribution in [3.8, 4) is 0 Å². The molecule has 0 saturated heterocycles. The summed E-state index contributed by atoms with van der Waals surface area (Å²) in [5.41, 5.74) is 3.24. The van der Waals surface area contributed by atoms with E-state index in [1.54, 1.807) is 6.07 Å². The Hall–Kier alpha value is -1.40.